The highest BCUT2D eigenvalue weighted by atomic mass is 16.2. The van der Waals surface area contributed by atoms with Gasteiger partial charge in [-0.25, -0.2) is 0 Å². The minimum absolute atomic E-state index is 0.0105. The average Bonchev–Trinajstić information content (AvgIpc) is 2.33. The minimum Gasteiger partial charge on any atom is -0.331 e. The molecule has 1 aliphatic rings. The van der Waals surface area contributed by atoms with Crippen LogP contribution in [0.15, 0.2) is 12.1 Å². The topological polar surface area (TPSA) is 37.4 Å². The van der Waals surface area contributed by atoms with Gasteiger partial charge in [-0.1, -0.05) is 6.07 Å². The number of nitrogens with zero attached hydrogens (tertiary/aromatic N) is 1. The molecular formula is C15H19NO2. The number of hydrogen-bond acceptors (Lipinski definition) is 2. The summed E-state index contributed by atoms with van der Waals surface area (Å²) < 4.78 is 0. The van der Waals surface area contributed by atoms with E-state index >= 15 is 0 Å². The number of amides is 1. The number of ketones is 1. The van der Waals surface area contributed by atoms with Crippen LogP contribution in [0, 0.1) is 20.8 Å². The molecule has 1 saturated heterocycles. The summed E-state index contributed by atoms with van der Waals surface area (Å²) in [7, 11) is 0. The first kappa shape index (κ1) is 12.8. The van der Waals surface area contributed by atoms with Crippen molar-refractivity contribution in [3.8, 4) is 0 Å². The van der Waals surface area contributed by atoms with Gasteiger partial charge >= 0.3 is 0 Å². The minimum atomic E-state index is -0.0105. The Hall–Kier alpha value is -1.64. The van der Waals surface area contributed by atoms with Crippen LogP contribution >= 0.6 is 0 Å². The maximum Gasteiger partial charge on any atom is 0.254 e. The molecule has 0 N–H and O–H groups in total. The molecule has 1 fully saturated rings. The summed E-state index contributed by atoms with van der Waals surface area (Å²) in [4.78, 5) is 25.5. The van der Waals surface area contributed by atoms with E-state index in [-0.39, 0.29) is 18.2 Å². The van der Waals surface area contributed by atoms with Gasteiger partial charge in [0, 0.05) is 18.5 Å². The summed E-state index contributed by atoms with van der Waals surface area (Å²) in [5.41, 5.74) is 4.03. The number of piperidine rings is 1. The molecule has 1 aromatic rings. The monoisotopic (exact) mass is 245 g/mol. The number of rotatable bonds is 1. The van der Waals surface area contributed by atoms with Crippen LogP contribution in [0.5, 0.6) is 0 Å². The van der Waals surface area contributed by atoms with Crippen molar-refractivity contribution < 1.29 is 9.59 Å². The SMILES string of the molecule is Cc1cc(C)c(C(=O)N2CCCC(=O)C2)cc1C. The summed E-state index contributed by atoms with van der Waals surface area (Å²) >= 11 is 0. The van der Waals surface area contributed by atoms with Gasteiger partial charge in [0.15, 0.2) is 5.78 Å². The molecule has 0 unspecified atom stereocenters. The van der Waals surface area contributed by atoms with Crippen LogP contribution in [0.3, 0.4) is 0 Å². The third kappa shape index (κ3) is 2.45. The molecule has 2 rings (SSSR count). The molecule has 1 heterocycles. The summed E-state index contributed by atoms with van der Waals surface area (Å²) in [5.74, 6) is 0.153. The average molecular weight is 245 g/mol. The summed E-state index contributed by atoms with van der Waals surface area (Å²) in [5, 5.41) is 0. The Bertz CT molecular complexity index is 505. The molecule has 0 aliphatic carbocycles. The number of hydrogen-bond donors (Lipinski definition) is 0. The number of likely N-dealkylation sites (tertiary alicyclic amines) is 1. The zero-order valence-electron chi connectivity index (χ0n) is 11.2. The van der Waals surface area contributed by atoms with Gasteiger partial charge in [-0.2, -0.15) is 0 Å². The number of carbonyl (C=O) groups excluding carboxylic acids is 2. The van der Waals surface area contributed by atoms with Gasteiger partial charge in [0.05, 0.1) is 6.54 Å². The second-order valence-corrected chi connectivity index (χ2v) is 5.12. The van der Waals surface area contributed by atoms with Crippen LogP contribution < -0.4 is 0 Å². The first-order chi connectivity index (χ1) is 8.49. The van der Waals surface area contributed by atoms with Gasteiger partial charge in [-0.3, -0.25) is 9.59 Å². The number of benzene rings is 1. The van der Waals surface area contributed by atoms with E-state index in [0.29, 0.717) is 13.0 Å². The molecule has 1 amide bonds. The lowest BCUT2D eigenvalue weighted by atomic mass is 9.99. The highest BCUT2D eigenvalue weighted by molar-refractivity contribution is 5.98. The Labute approximate surface area is 108 Å². The van der Waals surface area contributed by atoms with Crippen molar-refractivity contribution in [2.75, 3.05) is 13.1 Å². The molecular weight excluding hydrogens is 226 g/mol. The van der Waals surface area contributed by atoms with E-state index in [1.807, 2.05) is 32.9 Å². The zero-order valence-corrected chi connectivity index (χ0v) is 11.2. The predicted molar refractivity (Wildman–Crippen MR) is 70.8 cm³/mol. The molecule has 0 atom stereocenters. The van der Waals surface area contributed by atoms with Crippen LogP contribution in [0.1, 0.15) is 39.9 Å². The number of aryl methyl sites for hydroxylation is 3. The lowest BCUT2D eigenvalue weighted by Gasteiger charge is -2.26. The normalized spacial score (nSPS) is 15.9. The van der Waals surface area contributed by atoms with Crippen molar-refractivity contribution in [2.45, 2.75) is 33.6 Å². The molecule has 18 heavy (non-hydrogen) atoms. The summed E-state index contributed by atoms with van der Waals surface area (Å²) in [6.45, 7) is 6.96. The summed E-state index contributed by atoms with van der Waals surface area (Å²) in [6, 6.07) is 3.97. The van der Waals surface area contributed by atoms with Gasteiger partial charge < -0.3 is 4.90 Å². The third-order valence-electron chi connectivity index (χ3n) is 3.61. The van der Waals surface area contributed by atoms with E-state index in [9.17, 15) is 9.59 Å². The van der Waals surface area contributed by atoms with Gasteiger partial charge in [0.2, 0.25) is 0 Å². The molecule has 0 aromatic heterocycles. The van der Waals surface area contributed by atoms with Crippen LogP contribution in [0.2, 0.25) is 0 Å². The molecule has 0 saturated carbocycles. The Morgan fingerprint density at radius 1 is 1.11 bits per heavy atom. The Morgan fingerprint density at radius 3 is 2.44 bits per heavy atom. The first-order valence-electron chi connectivity index (χ1n) is 6.38. The molecule has 1 aromatic carbocycles. The Balaban J connectivity index is 2.28. The maximum absolute atomic E-state index is 12.4. The standard InChI is InChI=1S/C15H19NO2/c1-10-7-12(3)14(8-11(10)2)15(18)16-6-4-5-13(17)9-16/h7-8H,4-6,9H2,1-3H3. The Morgan fingerprint density at radius 2 is 1.78 bits per heavy atom. The van der Waals surface area contributed by atoms with Gasteiger partial charge in [-0.05, 0) is 49.9 Å². The van der Waals surface area contributed by atoms with Crippen molar-refractivity contribution in [3.05, 3.63) is 34.4 Å². The van der Waals surface area contributed by atoms with Crippen molar-refractivity contribution >= 4 is 11.7 Å². The van der Waals surface area contributed by atoms with E-state index in [0.717, 1.165) is 23.1 Å². The lowest BCUT2D eigenvalue weighted by molar-refractivity contribution is -0.121. The predicted octanol–water partition coefficient (Wildman–Crippen LogP) is 2.42. The fourth-order valence-electron chi connectivity index (χ4n) is 2.37. The first-order valence-corrected chi connectivity index (χ1v) is 6.38. The third-order valence-corrected chi connectivity index (χ3v) is 3.61. The fourth-order valence-corrected chi connectivity index (χ4v) is 2.37. The van der Waals surface area contributed by atoms with Crippen LogP contribution in [-0.2, 0) is 4.79 Å². The second-order valence-electron chi connectivity index (χ2n) is 5.12. The van der Waals surface area contributed by atoms with Crippen LogP contribution in [-0.4, -0.2) is 29.7 Å². The van der Waals surface area contributed by atoms with E-state index in [1.54, 1.807) is 4.90 Å². The molecule has 96 valence electrons. The molecule has 1 aliphatic heterocycles. The van der Waals surface area contributed by atoms with Crippen molar-refractivity contribution in [3.63, 3.8) is 0 Å². The molecule has 3 nitrogen and oxygen atoms in total. The van der Waals surface area contributed by atoms with Crippen LogP contribution in [0.4, 0.5) is 0 Å². The molecule has 0 radical (unpaired) electrons. The number of carbonyl (C=O) groups is 2. The van der Waals surface area contributed by atoms with Crippen molar-refractivity contribution in [1.82, 2.24) is 4.90 Å². The molecule has 0 bridgehead atoms. The largest absolute Gasteiger partial charge is 0.331 e. The fraction of sp³-hybridized carbons (Fsp3) is 0.467. The van der Waals surface area contributed by atoms with Crippen LogP contribution in [0.25, 0.3) is 0 Å². The van der Waals surface area contributed by atoms with Crippen molar-refractivity contribution in [2.24, 2.45) is 0 Å². The maximum atomic E-state index is 12.4. The van der Waals surface area contributed by atoms with Crippen molar-refractivity contribution in [1.29, 1.82) is 0 Å². The second kappa shape index (κ2) is 4.92. The molecule has 0 spiro atoms. The smallest absolute Gasteiger partial charge is 0.254 e. The van der Waals surface area contributed by atoms with E-state index in [4.69, 9.17) is 0 Å². The quantitative estimate of drug-likeness (QED) is 0.762. The van der Waals surface area contributed by atoms with E-state index < -0.39 is 0 Å². The van der Waals surface area contributed by atoms with Gasteiger partial charge in [0.25, 0.3) is 5.91 Å². The Kier molecular flexibility index (Phi) is 3.50. The summed E-state index contributed by atoms with van der Waals surface area (Å²) in [6.07, 6.45) is 1.39. The molecule has 3 heteroatoms. The van der Waals surface area contributed by atoms with Gasteiger partial charge in [-0.15, -0.1) is 0 Å². The van der Waals surface area contributed by atoms with E-state index in [2.05, 4.69) is 0 Å². The van der Waals surface area contributed by atoms with E-state index in [1.165, 1.54) is 5.56 Å². The zero-order chi connectivity index (χ0) is 13.3. The van der Waals surface area contributed by atoms with Gasteiger partial charge in [0.1, 0.15) is 0 Å². The lowest BCUT2D eigenvalue weighted by Crippen LogP contribution is -2.40. The highest BCUT2D eigenvalue weighted by Gasteiger charge is 2.23. The number of Topliss-reactive ketones (excluding diaryl/α,β-unsaturated/α-hetero) is 1. The highest BCUT2D eigenvalue weighted by Crippen LogP contribution is 2.18.